The van der Waals surface area contributed by atoms with Crippen LogP contribution in [0.4, 0.5) is 22.0 Å². The van der Waals surface area contributed by atoms with E-state index >= 15 is 0 Å². The monoisotopic (exact) mass is 270 g/mol. The SMILES string of the molecule is O=C(O)C(COc1ccc(F)c(F)c1)C(F)(F)F. The predicted molar refractivity (Wildman–Crippen MR) is 49.0 cm³/mol. The lowest BCUT2D eigenvalue weighted by molar-refractivity contribution is -0.198. The minimum atomic E-state index is -4.98. The van der Waals surface area contributed by atoms with Gasteiger partial charge >= 0.3 is 12.1 Å². The lowest BCUT2D eigenvalue weighted by Crippen LogP contribution is -2.35. The quantitative estimate of drug-likeness (QED) is 0.855. The molecule has 8 heteroatoms. The Balaban J connectivity index is 2.73. The summed E-state index contributed by atoms with van der Waals surface area (Å²) in [5.74, 6) is -7.71. The van der Waals surface area contributed by atoms with Gasteiger partial charge in [-0.3, -0.25) is 4.79 Å². The second kappa shape index (κ2) is 5.19. The molecule has 0 radical (unpaired) electrons. The Labute approximate surface area is 97.8 Å². The minimum absolute atomic E-state index is 0.385. The van der Waals surface area contributed by atoms with Gasteiger partial charge in [0, 0.05) is 6.07 Å². The summed E-state index contributed by atoms with van der Waals surface area (Å²) in [5, 5.41) is 8.35. The number of halogens is 5. The van der Waals surface area contributed by atoms with Crippen LogP contribution in [0.1, 0.15) is 0 Å². The standard InChI is InChI=1S/C10H7F5O3/c11-7-2-1-5(3-8(7)12)18-4-6(9(16)17)10(13,14)15/h1-3,6H,4H2,(H,16,17). The Hall–Kier alpha value is -1.86. The van der Waals surface area contributed by atoms with E-state index in [9.17, 15) is 26.7 Å². The molecule has 0 aromatic heterocycles. The number of aliphatic carboxylic acids is 1. The van der Waals surface area contributed by atoms with Crippen molar-refractivity contribution < 1.29 is 36.6 Å². The number of alkyl halides is 3. The largest absolute Gasteiger partial charge is 0.492 e. The number of ether oxygens (including phenoxy) is 1. The van der Waals surface area contributed by atoms with Crippen LogP contribution >= 0.6 is 0 Å². The Morgan fingerprint density at radius 3 is 2.33 bits per heavy atom. The van der Waals surface area contributed by atoms with Crippen molar-refractivity contribution in [1.82, 2.24) is 0 Å². The molecule has 0 fully saturated rings. The van der Waals surface area contributed by atoms with E-state index in [1.807, 2.05) is 0 Å². The van der Waals surface area contributed by atoms with E-state index in [4.69, 9.17) is 5.11 Å². The number of carboxylic acid groups (broad SMARTS) is 1. The molecule has 0 heterocycles. The summed E-state index contributed by atoms with van der Waals surface area (Å²) in [4.78, 5) is 10.4. The van der Waals surface area contributed by atoms with Crippen LogP contribution in [0.25, 0.3) is 0 Å². The fraction of sp³-hybridized carbons (Fsp3) is 0.300. The van der Waals surface area contributed by atoms with E-state index < -0.39 is 36.3 Å². The first-order valence-electron chi connectivity index (χ1n) is 4.59. The number of rotatable bonds is 4. The average molecular weight is 270 g/mol. The van der Waals surface area contributed by atoms with Crippen LogP contribution in [-0.2, 0) is 4.79 Å². The number of carboxylic acids is 1. The number of hydrogen-bond donors (Lipinski definition) is 1. The Morgan fingerprint density at radius 1 is 1.28 bits per heavy atom. The first-order valence-corrected chi connectivity index (χ1v) is 4.59. The van der Waals surface area contributed by atoms with Crippen LogP contribution < -0.4 is 4.74 Å². The third-order valence-corrected chi connectivity index (χ3v) is 2.00. The molecule has 1 rings (SSSR count). The van der Waals surface area contributed by atoms with Crippen LogP contribution in [0.15, 0.2) is 18.2 Å². The highest BCUT2D eigenvalue weighted by molar-refractivity contribution is 5.71. The van der Waals surface area contributed by atoms with Crippen LogP contribution in [0.2, 0.25) is 0 Å². The second-order valence-corrected chi connectivity index (χ2v) is 3.32. The summed E-state index contributed by atoms with van der Waals surface area (Å²) in [7, 11) is 0. The van der Waals surface area contributed by atoms with E-state index in [-0.39, 0.29) is 5.75 Å². The Kier molecular flexibility index (Phi) is 4.10. The third-order valence-electron chi connectivity index (χ3n) is 2.00. The van der Waals surface area contributed by atoms with E-state index in [1.165, 1.54) is 0 Å². The van der Waals surface area contributed by atoms with Gasteiger partial charge < -0.3 is 9.84 Å². The van der Waals surface area contributed by atoms with Gasteiger partial charge in [0.25, 0.3) is 0 Å². The first-order chi connectivity index (χ1) is 8.21. The fourth-order valence-electron chi connectivity index (χ4n) is 1.05. The van der Waals surface area contributed by atoms with E-state index in [2.05, 4.69) is 4.74 Å². The van der Waals surface area contributed by atoms with Gasteiger partial charge in [0.05, 0.1) is 0 Å². The molecule has 0 aliphatic heterocycles. The molecule has 100 valence electrons. The lowest BCUT2D eigenvalue weighted by atomic mass is 10.1. The molecule has 0 bridgehead atoms. The van der Waals surface area contributed by atoms with Crippen LogP contribution in [0.3, 0.4) is 0 Å². The van der Waals surface area contributed by atoms with Gasteiger partial charge in [-0.1, -0.05) is 0 Å². The van der Waals surface area contributed by atoms with Crippen molar-refractivity contribution in [3.63, 3.8) is 0 Å². The average Bonchev–Trinajstić information content (AvgIpc) is 2.21. The molecular formula is C10H7F5O3. The predicted octanol–water partition coefficient (Wildman–Crippen LogP) is 2.61. The summed E-state index contributed by atoms with van der Waals surface area (Å²) < 4.78 is 66.4. The van der Waals surface area contributed by atoms with Gasteiger partial charge in [0.2, 0.25) is 0 Å². The highest BCUT2D eigenvalue weighted by Gasteiger charge is 2.45. The van der Waals surface area contributed by atoms with Gasteiger partial charge in [-0.2, -0.15) is 13.2 Å². The zero-order chi connectivity index (χ0) is 13.9. The third kappa shape index (κ3) is 3.57. The van der Waals surface area contributed by atoms with Crippen LogP contribution in [0, 0.1) is 17.6 Å². The molecule has 1 aromatic rings. The van der Waals surface area contributed by atoms with Gasteiger partial charge in [0.15, 0.2) is 17.6 Å². The number of benzene rings is 1. The molecule has 0 aliphatic rings. The normalized spacial score (nSPS) is 13.2. The van der Waals surface area contributed by atoms with E-state index in [1.54, 1.807) is 0 Å². The molecule has 0 aliphatic carbocycles. The maximum absolute atomic E-state index is 12.7. The van der Waals surface area contributed by atoms with Crippen molar-refractivity contribution in [2.75, 3.05) is 6.61 Å². The molecule has 0 saturated carbocycles. The zero-order valence-electron chi connectivity index (χ0n) is 8.67. The Morgan fingerprint density at radius 2 is 1.89 bits per heavy atom. The molecule has 1 aromatic carbocycles. The molecule has 3 nitrogen and oxygen atoms in total. The van der Waals surface area contributed by atoms with Crippen LogP contribution in [0.5, 0.6) is 5.75 Å². The van der Waals surface area contributed by atoms with Crippen molar-refractivity contribution in [2.24, 2.45) is 5.92 Å². The van der Waals surface area contributed by atoms with Gasteiger partial charge in [-0.15, -0.1) is 0 Å². The highest BCUT2D eigenvalue weighted by atomic mass is 19.4. The summed E-state index contributed by atoms with van der Waals surface area (Å²) in [5.41, 5.74) is 0. The van der Waals surface area contributed by atoms with Crippen LogP contribution in [-0.4, -0.2) is 23.9 Å². The van der Waals surface area contributed by atoms with Crippen molar-refractivity contribution in [3.05, 3.63) is 29.8 Å². The van der Waals surface area contributed by atoms with Gasteiger partial charge in [-0.25, -0.2) is 8.78 Å². The Bertz CT molecular complexity index is 444. The lowest BCUT2D eigenvalue weighted by Gasteiger charge is -2.16. The van der Waals surface area contributed by atoms with E-state index in [0.717, 1.165) is 6.07 Å². The number of hydrogen-bond acceptors (Lipinski definition) is 2. The highest BCUT2D eigenvalue weighted by Crippen LogP contribution is 2.27. The molecule has 18 heavy (non-hydrogen) atoms. The molecule has 0 spiro atoms. The van der Waals surface area contributed by atoms with Gasteiger partial charge in [0.1, 0.15) is 12.4 Å². The first kappa shape index (κ1) is 14.2. The zero-order valence-corrected chi connectivity index (χ0v) is 8.67. The molecule has 1 unspecified atom stereocenters. The molecule has 0 amide bonds. The topological polar surface area (TPSA) is 46.5 Å². The maximum Gasteiger partial charge on any atom is 0.405 e. The van der Waals surface area contributed by atoms with Crippen molar-refractivity contribution in [2.45, 2.75) is 6.18 Å². The fourth-order valence-corrected chi connectivity index (χ4v) is 1.05. The molecule has 0 saturated heterocycles. The van der Waals surface area contributed by atoms with Crippen molar-refractivity contribution >= 4 is 5.97 Å². The number of carbonyl (C=O) groups is 1. The summed E-state index contributed by atoms with van der Waals surface area (Å²) in [6.45, 7) is -1.22. The van der Waals surface area contributed by atoms with E-state index in [0.29, 0.717) is 12.1 Å². The molecule has 1 N–H and O–H groups in total. The summed E-state index contributed by atoms with van der Waals surface area (Å²) >= 11 is 0. The minimum Gasteiger partial charge on any atom is -0.492 e. The summed E-state index contributed by atoms with van der Waals surface area (Å²) in [6.07, 6.45) is -4.98. The van der Waals surface area contributed by atoms with Crippen molar-refractivity contribution in [3.8, 4) is 5.75 Å². The second-order valence-electron chi connectivity index (χ2n) is 3.32. The maximum atomic E-state index is 12.7. The molecule has 1 atom stereocenters. The van der Waals surface area contributed by atoms with Gasteiger partial charge in [-0.05, 0) is 12.1 Å². The van der Waals surface area contributed by atoms with Crippen molar-refractivity contribution in [1.29, 1.82) is 0 Å². The molecular weight excluding hydrogens is 263 g/mol. The smallest absolute Gasteiger partial charge is 0.405 e. The summed E-state index contributed by atoms with van der Waals surface area (Å²) in [6, 6.07) is 2.09.